The summed E-state index contributed by atoms with van der Waals surface area (Å²) in [6.45, 7) is 0.844. The standard InChI is InChI=1S/C13H17BrO/c14-12-7-4-8-13(12)15-10-9-11-5-2-1-3-6-11/h1-3,5-6,12-13H,4,7-10H2. The van der Waals surface area contributed by atoms with Gasteiger partial charge in [0.15, 0.2) is 0 Å². The summed E-state index contributed by atoms with van der Waals surface area (Å²) in [6.07, 6.45) is 5.23. The summed E-state index contributed by atoms with van der Waals surface area (Å²) in [4.78, 5) is 0.577. The van der Waals surface area contributed by atoms with Gasteiger partial charge >= 0.3 is 0 Å². The van der Waals surface area contributed by atoms with E-state index >= 15 is 0 Å². The average molecular weight is 269 g/mol. The first kappa shape index (κ1) is 11.2. The van der Waals surface area contributed by atoms with Crippen molar-refractivity contribution in [1.29, 1.82) is 0 Å². The van der Waals surface area contributed by atoms with E-state index in [0.717, 1.165) is 13.0 Å². The van der Waals surface area contributed by atoms with Crippen LogP contribution in [0.4, 0.5) is 0 Å². The van der Waals surface area contributed by atoms with Crippen molar-refractivity contribution in [3.05, 3.63) is 35.9 Å². The van der Waals surface area contributed by atoms with Gasteiger partial charge in [0, 0.05) is 4.83 Å². The van der Waals surface area contributed by atoms with Crippen LogP contribution in [0.5, 0.6) is 0 Å². The predicted octanol–water partition coefficient (Wildman–Crippen LogP) is 3.56. The number of benzene rings is 1. The highest BCUT2D eigenvalue weighted by molar-refractivity contribution is 9.09. The van der Waals surface area contributed by atoms with Gasteiger partial charge in [0.1, 0.15) is 0 Å². The SMILES string of the molecule is BrC1CCCC1OCCc1ccccc1. The van der Waals surface area contributed by atoms with Crippen molar-refractivity contribution in [3.8, 4) is 0 Å². The van der Waals surface area contributed by atoms with Gasteiger partial charge in [-0.05, 0) is 31.2 Å². The molecular formula is C13H17BrO. The fourth-order valence-corrected chi connectivity index (χ4v) is 2.78. The molecule has 1 fully saturated rings. The predicted molar refractivity (Wildman–Crippen MR) is 66.5 cm³/mol. The highest BCUT2D eigenvalue weighted by Crippen LogP contribution is 2.28. The molecular weight excluding hydrogens is 252 g/mol. The summed E-state index contributed by atoms with van der Waals surface area (Å²) in [5.41, 5.74) is 1.36. The van der Waals surface area contributed by atoms with E-state index in [9.17, 15) is 0 Å². The topological polar surface area (TPSA) is 9.23 Å². The van der Waals surface area contributed by atoms with Gasteiger partial charge in [-0.2, -0.15) is 0 Å². The molecule has 1 aliphatic carbocycles. The number of hydrogen-bond donors (Lipinski definition) is 0. The third-order valence-corrected chi connectivity index (χ3v) is 3.98. The van der Waals surface area contributed by atoms with Crippen LogP contribution in [-0.2, 0) is 11.2 Å². The Morgan fingerprint density at radius 2 is 2.00 bits per heavy atom. The number of ether oxygens (including phenoxy) is 1. The molecule has 1 aromatic carbocycles. The maximum Gasteiger partial charge on any atom is 0.0700 e. The number of alkyl halides is 1. The Hall–Kier alpha value is -0.340. The van der Waals surface area contributed by atoms with Crippen LogP contribution in [0, 0.1) is 0 Å². The van der Waals surface area contributed by atoms with Crippen LogP contribution >= 0.6 is 15.9 Å². The van der Waals surface area contributed by atoms with E-state index in [2.05, 4.69) is 46.3 Å². The van der Waals surface area contributed by atoms with Crippen LogP contribution < -0.4 is 0 Å². The minimum Gasteiger partial charge on any atom is -0.377 e. The maximum atomic E-state index is 5.87. The molecule has 0 heterocycles. The fourth-order valence-electron chi connectivity index (χ4n) is 2.04. The maximum absolute atomic E-state index is 5.87. The van der Waals surface area contributed by atoms with Gasteiger partial charge in [-0.1, -0.05) is 46.3 Å². The van der Waals surface area contributed by atoms with Crippen molar-refractivity contribution >= 4 is 15.9 Å². The van der Waals surface area contributed by atoms with Crippen LogP contribution in [0.3, 0.4) is 0 Å². The molecule has 0 radical (unpaired) electrons. The second-order valence-corrected chi connectivity index (χ2v) is 5.27. The minimum absolute atomic E-state index is 0.439. The Morgan fingerprint density at radius 3 is 2.67 bits per heavy atom. The molecule has 0 N–H and O–H groups in total. The highest BCUT2D eigenvalue weighted by Gasteiger charge is 2.24. The van der Waals surface area contributed by atoms with Gasteiger partial charge in [0.25, 0.3) is 0 Å². The van der Waals surface area contributed by atoms with Crippen molar-refractivity contribution in [3.63, 3.8) is 0 Å². The molecule has 2 atom stereocenters. The Labute approximate surface area is 100.0 Å². The van der Waals surface area contributed by atoms with Crippen LogP contribution in [-0.4, -0.2) is 17.5 Å². The quantitative estimate of drug-likeness (QED) is 0.759. The molecule has 0 aromatic heterocycles. The lowest BCUT2D eigenvalue weighted by Gasteiger charge is -2.14. The van der Waals surface area contributed by atoms with Gasteiger partial charge < -0.3 is 4.74 Å². The fraction of sp³-hybridized carbons (Fsp3) is 0.538. The van der Waals surface area contributed by atoms with Crippen molar-refractivity contribution in [2.45, 2.75) is 36.6 Å². The summed E-state index contributed by atoms with van der Waals surface area (Å²) in [6, 6.07) is 10.5. The van der Waals surface area contributed by atoms with Gasteiger partial charge in [0.05, 0.1) is 12.7 Å². The summed E-state index contributed by atoms with van der Waals surface area (Å²) in [7, 11) is 0. The molecule has 0 spiro atoms. The van der Waals surface area contributed by atoms with Gasteiger partial charge in [0.2, 0.25) is 0 Å². The van der Waals surface area contributed by atoms with Gasteiger partial charge in [-0.25, -0.2) is 0 Å². The van der Waals surface area contributed by atoms with Crippen LogP contribution in [0.2, 0.25) is 0 Å². The zero-order chi connectivity index (χ0) is 10.5. The van der Waals surface area contributed by atoms with E-state index in [-0.39, 0.29) is 0 Å². The molecule has 2 unspecified atom stereocenters. The Kier molecular flexibility index (Phi) is 4.21. The Balaban J connectivity index is 1.71. The van der Waals surface area contributed by atoms with E-state index < -0.39 is 0 Å². The van der Waals surface area contributed by atoms with Crippen molar-refractivity contribution in [2.75, 3.05) is 6.61 Å². The molecule has 2 rings (SSSR count). The van der Waals surface area contributed by atoms with Crippen molar-refractivity contribution in [1.82, 2.24) is 0 Å². The van der Waals surface area contributed by atoms with E-state index in [1.54, 1.807) is 0 Å². The normalized spacial score (nSPS) is 25.7. The first-order valence-electron chi connectivity index (χ1n) is 5.66. The van der Waals surface area contributed by atoms with Crippen molar-refractivity contribution < 1.29 is 4.74 Å². The van der Waals surface area contributed by atoms with Crippen LogP contribution in [0.1, 0.15) is 24.8 Å². The summed E-state index contributed by atoms with van der Waals surface area (Å²) >= 11 is 3.67. The monoisotopic (exact) mass is 268 g/mol. The third-order valence-electron chi connectivity index (χ3n) is 2.94. The number of hydrogen-bond acceptors (Lipinski definition) is 1. The summed E-state index contributed by atoms with van der Waals surface area (Å²) in [5.74, 6) is 0. The molecule has 0 amide bonds. The molecule has 82 valence electrons. The second-order valence-electron chi connectivity index (χ2n) is 4.09. The first-order chi connectivity index (χ1) is 7.36. The largest absolute Gasteiger partial charge is 0.377 e. The lowest BCUT2D eigenvalue weighted by atomic mass is 10.2. The van der Waals surface area contributed by atoms with Crippen molar-refractivity contribution in [2.24, 2.45) is 0 Å². The van der Waals surface area contributed by atoms with E-state index in [1.165, 1.54) is 24.8 Å². The number of rotatable bonds is 4. The molecule has 15 heavy (non-hydrogen) atoms. The lowest BCUT2D eigenvalue weighted by Crippen LogP contribution is -2.19. The van der Waals surface area contributed by atoms with Crippen LogP contribution in [0.25, 0.3) is 0 Å². The smallest absolute Gasteiger partial charge is 0.0700 e. The van der Waals surface area contributed by atoms with Gasteiger partial charge in [-0.15, -0.1) is 0 Å². The molecule has 2 heteroatoms. The zero-order valence-electron chi connectivity index (χ0n) is 8.86. The molecule has 1 aliphatic rings. The Bertz CT molecular complexity index is 286. The summed E-state index contributed by atoms with van der Waals surface area (Å²) < 4.78 is 5.87. The van der Waals surface area contributed by atoms with Crippen LogP contribution in [0.15, 0.2) is 30.3 Å². The first-order valence-corrected chi connectivity index (χ1v) is 6.57. The minimum atomic E-state index is 0.439. The number of halogens is 1. The van der Waals surface area contributed by atoms with E-state index in [0.29, 0.717) is 10.9 Å². The lowest BCUT2D eigenvalue weighted by molar-refractivity contribution is 0.0651. The second kappa shape index (κ2) is 5.66. The molecule has 1 nitrogen and oxygen atoms in total. The Morgan fingerprint density at radius 1 is 1.20 bits per heavy atom. The van der Waals surface area contributed by atoms with Gasteiger partial charge in [-0.3, -0.25) is 0 Å². The molecule has 0 saturated heterocycles. The van der Waals surface area contributed by atoms with E-state index in [4.69, 9.17) is 4.74 Å². The molecule has 1 saturated carbocycles. The molecule has 0 aliphatic heterocycles. The average Bonchev–Trinajstić information content (AvgIpc) is 2.66. The zero-order valence-corrected chi connectivity index (χ0v) is 10.4. The highest BCUT2D eigenvalue weighted by atomic mass is 79.9. The molecule has 1 aromatic rings. The third kappa shape index (κ3) is 3.32. The van der Waals surface area contributed by atoms with E-state index in [1.807, 2.05) is 0 Å². The molecule has 0 bridgehead atoms. The summed E-state index contributed by atoms with van der Waals surface area (Å²) in [5, 5.41) is 0.